The Bertz CT molecular complexity index is 2610. The van der Waals surface area contributed by atoms with Crippen molar-refractivity contribution in [2.24, 2.45) is 0 Å². The molecule has 46 heavy (non-hydrogen) atoms. The fraction of sp³-hybridized carbons (Fsp3) is 0.0222. The molecule has 8 aromatic rings. The summed E-state index contributed by atoms with van der Waals surface area (Å²) in [5.74, 6) is 1.84. The van der Waals surface area contributed by atoms with Crippen LogP contribution in [0.4, 0.5) is 0 Å². The SMILES string of the molecule is c1ccc2c(c1)-c1cc(-c3ccc4c(c3)-c3cccc5cccc(c35)O4)ccc1C21c2ccccc2-c2cccc3cccc1c23. The average Bonchev–Trinajstić information content (AvgIpc) is 3.41. The molecule has 0 saturated heterocycles. The first-order valence-electron chi connectivity index (χ1n) is 16.0. The summed E-state index contributed by atoms with van der Waals surface area (Å²) in [6, 6.07) is 58.4. The molecule has 0 bridgehead atoms. The molecule has 0 fully saturated rings. The third-order valence-electron chi connectivity index (χ3n) is 10.7. The fourth-order valence-corrected chi connectivity index (χ4v) is 8.86. The van der Waals surface area contributed by atoms with Crippen molar-refractivity contribution in [3.8, 4) is 56.0 Å². The Hall–Kier alpha value is -5.92. The van der Waals surface area contributed by atoms with Gasteiger partial charge in [0.25, 0.3) is 0 Å². The van der Waals surface area contributed by atoms with Gasteiger partial charge in [0.2, 0.25) is 0 Å². The Morgan fingerprint density at radius 2 is 0.848 bits per heavy atom. The maximum Gasteiger partial charge on any atom is 0.135 e. The van der Waals surface area contributed by atoms with Crippen LogP contribution in [0, 0.1) is 0 Å². The molecule has 212 valence electrons. The Balaban J connectivity index is 1.17. The van der Waals surface area contributed by atoms with Crippen LogP contribution in [0.3, 0.4) is 0 Å². The topological polar surface area (TPSA) is 9.23 Å². The predicted molar refractivity (Wildman–Crippen MR) is 189 cm³/mol. The molecule has 1 heterocycles. The van der Waals surface area contributed by atoms with Gasteiger partial charge in [0.05, 0.1) is 5.41 Å². The minimum atomic E-state index is -0.391. The second kappa shape index (κ2) is 8.62. The van der Waals surface area contributed by atoms with Gasteiger partial charge in [0.15, 0.2) is 0 Å². The van der Waals surface area contributed by atoms with E-state index in [1.165, 1.54) is 82.7 Å². The number of rotatable bonds is 1. The van der Waals surface area contributed by atoms with Crippen molar-refractivity contribution in [3.05, 3.63) is 180 Å². The van der Waals surface area contributed by atoms with Gasteiger partial charge in [-0.2, -0.15) is 0 Å². The number of fused-ring (bicyclic) bond motifs is 11. The molecule has 1 spiro atoms. The van der Waals surface area contributed by atoms with Crippen LogP contribution in [-0.4, -0.2) is 0 Å². The molecule has 2 aliphatic carbocycles. The zero-order valence-corrected chi connectivity index (χ0v) is 24.9. The Morgan fingerprint density at radius 1 is 0.326 bits per heavy atom. The molecular weight excluding hydrogens is 556 g/mol. The normalized spacial score (nSPS) is 16.1. The lowest BCUT2D eigenvalue weighted by Gasteiger charge is -2.40. The van der Waals surface area contributed by atoms with Gasteiger partial charge in [-0.15, -0.1) is 0 Å². The Labute approximate surface area is 267 Å². The van der Waals surface area contributed by atoms with E-state index in [-0.39, 0.29) is 0 Å². The van der Waals surface area contributed by atoms with Gasteiger partial charge in [0.1, 0.15) is 11.5 Å². The van der Waals surface area contributed by atoms with Gasteiger partial charge >= 0.3 is 0 Å². The highest BCUT2D eigenvalue weighted by molar-refractivity contribution is 6.08. The number of ether oxygens (including phenoxy) is 1. The molecule has 0 aromatic heterocycles. The highest BCUT2D eigenvalue weighted by Crippen LogP contribution is 2.62. The molecule has 0 radical (unpaired) electrons. The molecule has 0 amide bonds. The molecule has 8 aromatic carbocycles. The molecule has 1 nitrogen and oxygen atoms in total. The molecule has 1 unspecified atom stereocenters. The molecule has 1 heteroatoms. The predicted octanol–water partition coefficient (Wildman–Crippen LogP) is 11.8. The summed E-state index contributed by atoms with van der Waals surface area (Å²) in [7, 11) is 0. The van der Waals surface area contributed by atoms with E-state index in [0.29, 0.717) is 0 Å². The summed E-state index contributed by atoms with van der Waals surface area (Å²) in [6.45, 7) is 0. The lowest BCUT2D eigenvalue weighted by molar-refractivity contribution is 0.487. The monoisotopic (exact) mass is 582 g/mol. The van der Waals surface area contributed by atoms with Crippen molar-refractivity contribution in [2.45, 2.75) is 5.41 Å². The largest absolute Gasteiger partial charge is 0.456 e. The van der Waals surface area contributed by atoms with Crippen LogP contribution in [0.15, 0.2) is 158 Å². The first-order chi connectivity index (χ1) is 22.8. The van der Waals surface area contributed by atoms with Crippen LogP contribution >= 0.6 is 0 Å². The summed E-state index contributed by atoms with van der Waals surface area (Å²) in [5, 5.41) is 5.04. The smallest absolute Gasteiger partial charge is 0.135 e. The number of hydrogen-bond donors (Lipinski definition) is 0. The van der Waals surface area contributed by atoms with E-state index in [9.17, 15) is 0 Å². The maximum atomic E-state index is 6.43. The van der Waals surface area contributed by atoms with E-state index in [0.717, 1.165) is 17.1 Å². The standard InChI is InChI=1S/C45H26O/c1-3-17-37-31(13-1)33-15-5-9-27-11-7-19-40(43(27)33)45(37)38-18-4-2-14-32(38)35-25-29(21-23-39(35)45)30-22-24-41-36(26-30)34-16-6-10-28-12-8-20-42(46-41)44(28)34/h1-26H. The van der Waals surface area contributed by atoms with Crippen LogP contribution in [0.1, 0.15) is 22.3 Å². The summed E-state index contributed by atoms with van der Waals surface area (Å²) >= 11 is 0. The Kier molecular flexibility index (Phi) is 4.57. The third-order valence-corrected chi connectivity index (χ3v) is 10.7. The fourth-order valence-electron chi connectivity index (χ4n) is 8.86. The second-order valence-corrected chi connectivity index (χ2v) is 12.8. The van der Waals surface area contributed by atoms with Gasteiger partial charge in [-0.05, 0) is 102 Å². The third kappa shape index (κ3) is 2.91. The molecule has 0 N–H and O–H groups in total. The zero-order chi connectivity index (χ0) is 30.0. The summed E-state index contributed by atoms with van der Waals surface area (Å²) in [4.78, 5) is 0. The van der Waals surface area contributed by atoms with Gasteiger partial charge in [0, 0.05) is 10.9 Å². The van der Waals surface area contributed by atoms with E-state index < -0.39 is 5.41 Å². The molecular formula is C45H26O. The molecule has 0 saturated carbocycles. The molecule has 3 aliphatic rings. The van der Waals surface area contributed by atoms with Crippen LogP contribution in [-0.2, 0) is 5.41 Å². The van der Waals surface area contributed by atoms with E-state index in [4.69, 9.17) is 4.74 Å². The maximum absolute atomic E-state index is 6.43. The minimum absolute atomic E-state index is 0.391. The quantitative estimate of drug-likeness (QED) is 0.187. The van der Waals surface area contributed by atoms with Crippen molar-refractivity contribution in [3.63, 3.8) is 0 Å². The van der Waals surface area contributed by atoms with E-state index in [1.54, 1.807) is 0 Å². The highest BCUT2D eigenvalue weighted by Gasteiger charge is 2.49. The van der Waals surface area contributed by atoms with E-state index in [1.807, 2.05) is 0 Å². The van der Waals surface area contributed by atoms with Gasteiger partial charge in [-0.25, -0.2) is 0 Å². The van der Waals surface area contributed by atoms with Crippen molar-refractivity contribution in [1.29, 1.82) is 0 Å². The molecule has 11 rings (SSSR count). The second-order valence-electron chi connectivity index (χ2n) is 12.8. The van der Waals surface area contributed by atoms with Gasteiger partial charge in [-0.1, -0.05) is 133 Å². The lowest BCUT2D eigenvalue weighted by Crippen LogP contribution is -2.31. The lowest BCUT2D eigenvalue weighted by atomic mass is 9.61. The van der Waals surface area contributed by atoms with Crippen LogP contribution in [0.2, 0.25) is 0 Å². The van der Waals surface area contributed by atoms with Crippen LogP contribution in [0.25, 0.3) is 66.1 Å². The van der Waals surface area contributed by atoms with Gasteiger partial charge < -0.3 is 4.74 Å². The van der Waals surface area contributed by atoms with Crippen molar-refractivity contribution < 1.29 is 4.74 Å². The van der Waals surface area contributed by atoms with Crippen molar-refractivity contribution in [2.75, 3.05) is 0 Å². The molecule has 1 aliphatic heterocycles. The zero-order valence-electron chi connectivity index (χ0n) is 24.9. The number of benzene rings is 8. The van der Waals surface area contributed by atoms with E-state index >= 15 is 0 Å². The summed E-state index contributed by atoms with van der Waals surface area (Å²) < 4.78 is 6.43. The molecule has 1 atom stereocenters. The highest BCUT2D eigenvalue weighted by atomic mass is 16.5. The summed E-state index contributed by atoms with van der Waals surface area (Å²) in [6.07, 6.45) is 0. The van der Waals surface area contributed by atoms with Crippen LogP contribution < -0.4 is 4.74 Å². The minimum Gasteiger partial charge on any atom is -0.456 e. The average molecular weight is 583 g/mol. The van der Waals surface area contributed by atoms with Crippen molar-refractivity contribution in [1.82, 2.24) is 0 Å². The van der Waals surface area contributed by atoms with Crippen molar-refractivity contribution >= 4 is 21.5 Å². The summed E-state index contributed by atoms with van der Waals surface area (Å²) in [5.41, 5.74) is 15.1. The first-order valence-corrected chi connectivity index (χ1v) is 16.0. The first kappa shape index (κ1) is 24.4. The van der Waals surface area contributed by atoms with Gasteiger partial charge in [-0.3, -0.25) is 0 Å². The Morgan fingerprint density at radius 3 is 1.61 bits per heavy atom. The van der Waals surface area contributed by atoms with Crippen LogP contribution in [0.5, 0.6) is 11.5 Å². The number of hydrogen-bond acceptors (Lipinski definition) is 1. The van der Waals surface area contributed by atoms with E-state index in [2.05, 4.69) is 158 Å².